The van der Waals surface area contributed by atoms with Gasteiger partial charge < -0.3 is 10.6 Å². The molecule has 0 heterocycles. The molecule has 2 N–H and O–H groups in total. The molecule has 0 radical (unpaired) electrons. The molecule has 0 spiro atoms. The van der Waals surface area contributed by atoms with E-state index in [9.17, 15) is 13.2 Å². The van der Waals surface area contributed by atoms with E-state index in [1.54, 1.807) is 24.3 Å². The van der Waals surface area contributed by atoms with Crippen LogP contribution in [0, 0.1) is 0 Å². The highest BCUT2D eigenvalue weighted by atomic mass is 32.2. The number of hydrogen-bond donors (Lipinski definition) is 2. The van der Waals surface area contributed by atoms with Crippen LogP contribution in [0.3, 0.4) is 0 Å². The van der Waals surface area contributed by atoms with Crippen LogP contribution < -0.4 is 10.6 Å². The molecule has 1 aromatic carbocycles. The van der Waals surface area contributed by atoms with Gasteiger partial charge in [0.2, 0.25) is 15.9 Å². The third-order valence-corrected chi connectivity index (χ3v) is 4.85. The third-order valence-electron chi connectivity index (χ3n) is 3.02. The molecule has 1 aromatic rings. The van der Waals surface area contributed by atoms with Crippen molar-refractivity contribution >= 4 is 15.9 Å². The zero-order valence-corrected chi connectivity index (χ0v) is 13.5. The summed E-state index contributed by atoms with van der Waals surface area (Å²) in [7, 11) is 1.44. The van der Waals surface area contributed by atoms with Crippen LogP contribution in [-0.4, -0.2) is 46.3 Å². The number of hydrogen-bond acceptors (Lipinski definition) is 4. The zero-order valence-electron chi connectivity index (χ0n) is 12.7. The van der Waals surface area contributed by atoms with Gasteiger partial charge in [-0.05, 0) is 37.7 Å². The van der Waals surface area contributed by atoms with Crippen LogP contribution in [0.25, 0.3) is 0 Å². The van der Waals surface area contributed by atoms with Crippen LogP contribution in [0.15, 0.2) is 29.2 Å². The molecule has 0 aliphatic heterocycles. The van der Waals surface area contributed by atoms with Crippen LogP contribution in [0.1, 0.15) is 18.4 Å². The van der Waals surface area contributed by atoms with Gasteiger partial charge >= 0.3 is 0 Å². The molecule has 21 heavy (non-hydrogen) atoms. The smallest absolute Gasteiger partial charge is 0.242 e. The van der Waals surface area contributed by atoms with Crippen molar-refractivity contribution in [3.8, 4) is 0 Å². The van der Waals surface area contributed by atoms with Crippen LogP contribution in [-0.2, 0) is 21.4 Å². The number of carbonyl (C=O) groups excluding carboxylic acids is 1. The molecule has 1 rings (SSSR count). The van der Waals surface area contributed by atoms with Gasteiger partial charge in [-0.3, -0.25) is 4.79 Å². The first-order valence-electron chi connectivity index (χ1n) is 6.80. The van der Waals surface area contributed by atoms with E-state index in [1.165, 1.54) is 18.4 Å². The van der Waals surface area contributed by atoms with Gasteiger partial charge in [0.25, 0.3) is 0 Å². The lowest BCUT2D eigenvalue weighted by Gasteiger charge is -2.12. The summed E-state index contributed by atoms with van der Waals surface area (Å²) < 4.78 is 25.0. The van der Waals surface area contributed by atoms with E-state index in [-0.39, 0.29) is 10.8 Å². The second kappa shape index (κ2) is 8.11. The molecule has 0 fully saturated rings. The summed E-state index contributed by atoms with van der Waals surface area (Å²) >= 11 is 0. The maximum absolute atomic E-state index is 11.9. The summed E-state index contributed by atoms with van der Waals surface area (Å²) in [4.78, 5) is 11.8. The molecule has 7 heteroatoms. The number of nitrogens with zero attached hydrogens (tertiary/aromatic N) is 1. The summed E-state index contributed by atoms with van der Waals surface area (Å²) in [5, 5.41) is 5.80. The summed E-state index contributed by atoms with van der Waals surface area (Å²) in [6, 6.07) is 6.53. The maximum atomic E-state index is 11.9. The van der Waals surface area contributed by atoms with Crippen LogP contribution >= 0.6 is 0 Å². The average Bonchev–Trinajstić information content (AvgIpc) is 2.45. The quantitative estimate of drug-likeness (QED) is 0.687. The van der Waals surface area contributed by atoms with Gasteiger partial charge in [0.15, 0.2) is 0 Å². The van der Waals surface area contributed by atoms with Crippen molar-refractivity contribution in [3.63, 3.8) is 0 Å². The Balaban J connectivity index is 2.54. The number of carbonyl (C=O) groups is 1. The fourth-order valence-corrected chi connectivity index (χ4v) is 2.61. The van der Waals surface area contributed by atoms with E-state index in [1.807, 2.05) is 7.05 Å². The molecular formula is C14H23N3O3S. The van der Waals surface area contributed by atoms with E-state index >= 15 is 0 Å². The highest BCUT2D eigenvalue weighted by Gasteiger charge is 2.16. The van der Waals surface area contributed by atoms with E-state index in [0.29, 0.717) is 13.0 Å². The molecule has 0 saturated carbocycles. The van der Waals surface area contributed by atoms with Crippen molar-refractivity contribution in [2.24, 2.45) is 0 Å². The molecule has 0 atom stereocenters. The Kier molecular flexibility index (Phi) is 6.80. The minimum atomic E-state index is -3.40. The lowest BCUT2D eigenvalue weighted by molar-refractivity contribution is -0.121. The zero-order chi connectivity index (χ0) is 15.9. The molecule has 0 bridgehead atoms. The number of rotatable bonds is 8. The highest BCUT2D eigenvalue weighted by Crippen LogP contribution is 2.13. The van der Waals surface area contributed by atoms with Crippen molar-refractivity contribution in [2.45, 2.75) is 24.3 Å². The van der Waals surface area contributed by atoms with E-state index in [4.69, 9.17) is 0 Å². The monoisotopic (exact) mass is 313 g/mol. The Labute approximate surface area is 126 Å². The second-order valence-corrected chi connectivity index (χ2v) is 7.07. The standard InChI is InChI=1S/C14H23N3O3S/c1-15-10-4-5-14(18)16-11-12-6-8-13(9-7-12)21(19,20)17(2)3/h6-9,15H,4-5,10-11H2,1-3H3,(H,16,18). The summed E-state index contributed by atoms with van der Waals surface area (Å²) in [6.07, 6.45) is 1.27. The Hall–Kier alpha value is -1.44. The van der Waals surface area contributed by atoms with Gasteiger partial charge in [-0.25, -0.2) is 12.7 Å². The predicted molar refractivity (Wildman–Crippen MR) is 82.3 cm³/mol. The molecule has 0 unspecified atom stereocenters. The molecule has 6 nitrogen and oxygen atoms in total. The largest absolute Gasteiger partial charge is 0.352 e. The molecule has 0 aliphatic carbocycles. The summed E-state index contributed by atoms with van der Waals surface area (Å²) in [5.41, 5.74) is 0.870. The second-order valence-electron chi connectivity index (χ2n) is 4.92. The topological polar surface area (TPSA) is 78.5 Å². The number of nitrogens with one attached hydrogen (secondary N) is 2. The molecule has 118 valence electrons. The SMILES string of the molecule is CNCCCC(=O)NCc1ccc(S(=O)(=O)N(C)C)cc1. The first-order valence-corrected chi connectivity index (χ1v) is 8.24. The summed E-state index contributed by atoms with van der Waals surface area (Å²) in [6.45, 7) is 1.21. The normalized spacial score (nSPS) is 11.6. The Bertz CT molecular complexity index is 553. The molecule has 0 aliphatic rings. The Morgan fingerprint density at radius 2 is 1.81 bits per heavy atom. The van der Waals surface area contributed by atoms with Crippen molar-refractivity contribution in [1.82, 2.24) is 14.9 Å². The average molecular weight is 313 g/mol. The summed E-state index contributed by atoms with van der Waals surface area (Å²) in [5.74, 6) is -0.00441. The van der Waals surface area contributed by atoms with Gasteiger partial charge in [-0.1, -0.05) is 12.1 Å². The fraction of sp³-hybridized carbons (Fsp3) is 0.500. The lowest BCUT2D eigenvalue weighted by Crippen LogP contribution is -2.24. The van der Waals surface area contributed by atoms with Crippen LogP contribution in [0.4, 0.5) is 0 Å². The molecule has 0 saturated heterocycles. The van der Waals surface area contributed by atoms with E-state index in [2.05, 4.69) is 10.6 Å². The molecule has 1 amide bonds. The van der Waals surface area contributed by atoms with E-state index < -0.39 is 10.0 Å². The highest BCUT2D eigenvalue weighted by molar-refractivity contribution is 7.89. The Morgan fingerprint density at radius 3 is 2.33 bits per heavy atom. The minimum absolute atomic E-state index is 0.00441. The van der Waals surface area contributed by atoms with E-state index in [0.717, 1.165) is 18.5 Å². The van der Waals surface area contributed by atoms with Crippen LogP contribution in [0.2, 0.25) is 0 Å². The van der Waals surface area contributed by atoms with Crippen molar-refractivity contribution in [2.75, 3.05) is 27.7 Å². The lowest BCUT2D eigenvalue weighted by atomic mass is 10.2. The number of amides is 1. The van der Waals surface area contributed by atoms with Gasteiger partial charge in [0.1, 0.15) is 0 Å². The van der Waals surface area contributed by atoms with Gasteiger partial charge in [0, 0.05) is 27.1 Å². The fourth-order valence-electron chi connectivity index (χ4n) is 1.70. The molecular weight excluding hydrogens is 290 g/mol. The van der Waals surface area contributed by atoms with Crippen molar-refractivity contribution in [3.05, 3.63) is 29.8 Å². The Morgan fingerprint density at radius 1 is 1.19 bits per heavy atom. The molecule has 0 aromatic heterocycles. The van der Waals surface area contributed by atoms with Crippen molar-refractivity contribution in [1.29, 1.82) is 0 Å². The minimum Gasteiger partial charge on any atom is -0.352 e. The first-order chi connectivity index (χ1) is 9.87. The third kappa shape index (κ3) is 5.45. The number of benzene rings is 1. The van der Waals surface area contributed by atoms with Crippen molar-refractivity contribution < 1.29 is 13.2 Å². The maximum Gasteiger partial charge on any atom is 0.242 e. The van der Waals surface area contributed by atoms with Gasteiger partial charge in [-0.15, -0.1) is 0 Å². The van der Waals surface area contributed by atoms with Crippen LogP contribution in [0.5, 0.6) is 0 Å². The first kappa shape index (κ1) is 17.6. The van der Waals surface area contributed by atoms with Gasteiger partial charge in [0.05, 0.1) is 4.90 Å². The van der Waals surface area contributed by atoms with Gasteiger partial charge in [-0.2, -0.15) is 0 Å². The predicted octanol–water partition coefficient (Wildman–Crippen LogP) is 0.553. The number of sulfonamides is 1.